The molecule has 168 valence electrons. The van der Waals surface area contributed by atoms with E-state index in [1.807, 2.05) is 0 Å². The second-order valence-corrected chi connectivity index (χ2v) is 9.41. The van der Waals surface area contributed by atoms with Gasteiger partial charge in [0.2, 0.25) is 0 Å². The zero-order valence-electron chi connectivity index (χ0n) is 17.9. The first-order chi connectivity index (χ1) is 15.1. The number of rotatable bonds is 4. The molecule has 3 fully saturated rings. The highest BCUT2D eigenvalue weighted by Gasteiger charge is 2.47. The van der Waals surface area contributed by atoms with Gasteiger partial charge in [-0.05, 0) is 45.7 Å². The molecule has 9 heteroatoms. The molecule has 31 heavy (non-hydrogen) atoms. The van der Waals surface area contributed by atoms with Gasteiger partial charge in [-0.15, -0.1) is 0 Å². The van der Waals surface area contributed by atoms with E-state index < -0.39 is 5.82 Å². The minimum atomic E-state index is -0.631. The first-order valence-corrected chi connectivity index (χ1v) is 11.6. The third kappa shape index (κ3) is 3.94. The molecule has 0 radical (unpaired) electrons. The Balaban J connectivity index is 1.49. The number of likely N-dealkylation sites (tertiary alicyclic amines) is 1. The standard InChI is InChI=1S/C22H29ClFN5O2/c1-28-8-3-7-22(6-2-5-16(22)28)14-31-21-26-18-15(13-25-19(23)17(18)24)20(27-21)29-9-4-11-30-12-10-29/h13,16H,2-12,14H2,1H3/t16-,22-/m1/s1. The summed E-state index contributed by atoms with van der Waals surface area (Å²) in [6.07, 6.45) is 8.31. The van der Waals surface area contributed by atoms with Gasteiger partial charge in [-0.1, -0.05) is 18.0 Å². The van der Waals surface area contributed by atoms with Crippen LogP contribution in [0.25, 0.3) is 10.9 Å². The molecular weight excluding hydrogens is 421 g/mol. The fraction of sp³-hybridized carbons (Fsp3) is 0.682. The lowest BCUT2D eigenvalue weighted by Crippen LogP contribution is -2.50. The Morgan fingerprint density at radius 2 is 2.06 bits per heavy atom. The van der Waals surface area contributed by atoms with Crippen LogP contribution in [0.2, 0.25) is 5.15 Å². The van der Waals surface area contributed by atoms with Crippen molar-refractivity contribution in [2.45, 2.75) is 44.6 Å². The highest BCUT2D eigenvalue weighted by atomic mass is 35.5. The van der Waals surface area contributed by atoms with Crippen molar-refractivity contribution in [3.05, 3.63) is 17.2 Å². The van der Waals surface area contributed by atoms with Gasteiger partial charge < -0.3 is 19.3 Å². The number of ether oxygens (including phenoxy) is 2. The van der Waals surface area contributed by atoms with Gasteiger partial charge in [-0.3, -0.25) is 0 Å². The maximum Gasteiger partial charge on any atom is 0.319 e. The zero-order valence-corrected chi connectivity index (χ0v) is 18.7. The molecule has 0 bridgehead atoms. The van der Waals surface area contributed by atoms with Gasteiger partial charge >= 0.3 is 6.01 Å². The average molecular weight is 450 g/mol. The molecule has 1 aliphatic carbocycles. The second-order valence-electron chi connectivity index (χ2n) is 9.05. The van der Waals surface area contributed by atoms with E-state index in [0.29, 0.717) is 43.6 Å². The summed E-state index contributed by atoms with van der Waals surface area (Å²) in [5.74, 6) is 0.00263. The molecule has 0 N–H and O–H groups in total. The Hall–Kier alpha value is -1.77. The Morgan fingerprint density at radius 1 is 1.19 bits per heavy atom. The van der Waals surface area contributed by atoms with Crippen LogP contribution in [0.1, 0.15) is 38.5 Å². The van der Waals surface area contributed by atoms with Gasteiger partial charge in [0.05, 0.1) is 18.6 Å². The Labute approximate surface area is 186 Å². The quantitative estimate of drug-likeness (QED) is 0.659. The van der Waals surface area contributed by atoms with Crippen LogP contribution in [0, 0.1) is 11.2 Å². The largest absolute Gasteiger partial charge is 0.463 e. The SMILES string of the molecule is CN1CCC[C@@]2(COc3nc(N4CCCOCC4)c4cnc(Cl)c(F)c4n3)CCC[C@@H]12. The maximum absolute atomic E-state index is 14.9. The monoisotopic (exact) mass is 449 g/mol. The predicted molar refractivity (Wildman–Crippen MR) is 117 cm³/mol. The first-order valence-electron chi connectivity index (χ1n) is 11.2. The number of piperidine rings is 1. The van der Waals surface area contributed by atoms with E-state index in [1.54, 1.807) is 6.20 Å². The number of hydrogen-bond acceptors (Lipinski definition) is 7. The number of pyridine rings is 1. The summed E-state index contributed by atoms with van der Waals surface area (Å²) in [7, 11) is 2.21. The van der Waals surface area contributed by atoms with Crippen LogP contribution in [-0.4, -0.2) is 72.4 Å². The fourth-order valence-corrected chi connectivity index (χ4v) is 5.79. The molecule has 2 saturated heterocycles. The van der Waals surface area contributed by atoms with Gasteiger partial charge in [-0.25, -0.2) is 9.37 Å². The highest BCUT2D eigenvalue weighted by Crippen LogP contribution is 2.47. The summed E-state index contributed by atoms with van der Waals surface area (Å²) in [4.78, 5) is 17.7. The molecule has 2 aliphatic heterocycles. The summed E-state index contributed by atoms with van der Waals surface area (Å²) in [5, 5.41) is 0.358. The van der Waals surface area contributed by atoms with Crippen molar-refractivity contribution >= 4 is 28.3 Å². The maximum atomic E-state index is 14.9. The van der Waals surface area contributed by atoms with Crippen LogP contribution in [0.15, 0.2) is 6.20 Å². The smallest absolute Gasteiger partial charge is 0.319 e. The van der Waals surface area contributed by atoms with Gasteiger partial charge in [0, 0.05) is 37.4 Å². The topological polar surface area (TPSA) is 63.6 Å². The molecule has 1 saturated carbocycles. The molecule has 5 rings (SSSR count). The van der Waals surface area contributed by atoms with Gasteiger partial charge in [0.25, 0.3) is 0 Å². The normalized spacial score (nSPS) is 27.3. The average Bonchev–Trinajstić information content (AvgIpc) is 3.03. The van der Waals surface area contributed by atoms with Gasteiger partial charge in [0.15, 0.2) is 11.0 Å². The van der Waals surface area contributed by atoms with E-state index in [-0.39, 0.29) is 22.1 Å². The van der Waals surface area contributed by atoms with E-state index in [1.165, 1.54) is 19.3 Å². The molecule has 3 aliphatic rings. The van der Waals surface area contributed by atoms with Crippen LogP contribution in [0.5, 0.6) is 6.01 Å². The van der Waals surface area contributed by atoms with E-state index in [4.69, 9.17) is 26.1 Å². The zero-order chi connectivity index (χ0) is 21.4. The van der Waals surface area contributed by atoms with Crippen LogP contribution >= 0.6 is 11.6 Å². The van der Waals surface area contributed by atoms with Crippen LogP contribution in [-0.2, 0) is 4.74 Å². The third-order valence-corrected chi connectivity index (χ3v) is 7.45. The van der Waals surface area contributed by atoms with Gasteiger partial charge in [-0.2, -0.15) is 9.97 Å². The van der Waals surface area contributed by atoms with Crippen LogP contribution < -0.4 is 9.64 Å². The van der Waals surface area contributed by atoms with E-state index in [2.05, 4.69) is 26.8 Å². The van der Waals surface area contributed by atoms with Gasteiger partial charge in [0.1, 0.15) is 11.3 Å². The third-order valence-electron chi connectivity index (χ3n) is 7.19. The number of aromatic nitrogens is 3. The summed E-state index contributed by atoms with van der Waals surface area (Å²) < 4.78 is 26.7. The number of hydrogen-bond donors (Lipinski definition) is 0. The summed E-state index contributed by atoms with van der Waals surface area (Å²) in [5.41, 5.74) is 0.280. The van der Waals surface area contributed by atoms with E-state index in [0.717, 1.165) is 32.4 Å². The van der Waals surface area contributed by atoms with Crippen molar-refractivity contribution in [2.75, 3.05) is 51.4 Å². The van der Waals surface area contributed by atoms with Crippen molar-refractivity contribution in [1.82, 2.24) is 19.9 Å². The highest BCUT2D eigenvalue weighted by molar-refractivity contribution is 6.30. The number of halogens is 2. The lowest BCUT2D eigenvalue weighted by Gasteiger charge is -2.44. The minimum absolute atomic E-state index is 0.121. The molecule has 0 aromatic carbocycles. The molecule has 0 amide bonds. The van der Waals surface area contributed by atoms with Crippen LogP contribution in [0.4, 0.5) is 10.2 Å². The minimum Gasteiger partial charge on any atom is -0.463 e. The predicted octanol–water partition coefficient (Wildman–Crippen LogP) is 3.69. The van der Waals surface area contributed by atoms with Crippen molar-refractivity contribution in [3.63, 3.8) is 0 Å². The molecule has 0 unspecified atom stereocenters. The summed E-state index contributed by atoms with van der Waals surface area (Å²) >= 11 is 5.96. The number of anilines is 1. The molecule has 4 heterocycles. The van der Waals surface area contributed by atoms with Crippen LogP contribution in [0.3, 0.4) is 0 Å². The van der Waals surface area contributed by atoms with E-state index >= 15 is 0 Å². The van der Waals surface area contributed by atoms with Crippen molar-refractivity contribution in [1.29, 1.82) is 0 Å². The molecule has 2 aromatic rings. The molecule has 2 atom stereocenters. The first kappa shape index (κ1) is 21.1. The second kappa shape index (κ2) is 8.64. The molecule has 7 nitrogen and oxygen atoms in total. The number of nitrogens with zero attached hydrogens (tertiary/aromatic N) is 5. The summed E-state index contributed by atoms with van der Waals surface area (Å²) in [6.45, 7) is 4.44. The lowest BCUT2D eigenvalue weighted by molar-refractivity contribution is 0.0133. The van der Waals surface area contributed by atoms with Crippen molar-refractivity contribution in [2.24, 2.45) is 5.41 Å². The Kier molecular flexibility index (Phi) is 5.88. The molecular formula is C22H29ClFN5O2. The summed E-state index contributed by atoms with van der Waals surface area (Å²) in [6, 6.07) is 0.737. The fourth-order valence-electron chi connectivity index (χ4n) is 5.65. The molecule has 0 spiro atoms. The van der Waals surface area contributed by atoms with Crippen molar-refractivity contribution < 1.29 is 13.9 Å². The van der Waals surface area contributed by atoms with E-state index in [9.17, 15) is 4.39 Å². The lowest BCUT2D eigenvalue weighted by atomic mass is 9.76. The molecule has 2 aromatic heterocycles. The van der Waals surface area contributed by atoms with Crippen molar-refractivity contribution in [3.8, 4) is 6.01 Å². The number of fused-ring (bicyclic) bond motifs is 2. The Bertz CT molecular complexity index is 955. The Morgan fingerprint density at radius 3 is 2.97 bits per heavy atom.